The lowest BCUT2D eigenvalue weighted by Gasteiger charge is -2.08. The fraction of sp³-hybridized carbons (Fsp3) is 0.316. The number of carbonyl (C=O) groups excluding carboxylic acids is 1. The van der Waals surface area contributed by atoms with Gasteiger partial charge >= 0.3 is 0 Å². The van der Waals surface area contributed by atoms with Crippen molar-refractivity contribution in [2.45, 2.75) is 18.6 Å². The molecule has 2 aromatic carbocycles. The van der Waals surface area contributed by atoms with Crippen molar-refractivity contribution in [3.63, 3.8) is 0 Å². The summed E-state index contributed by atoms with van der Waals surface area (Å²) in [6.45, 7) is 0.822. The lowest BCUT2D eigenvalue weighted by molar-refractivity contribution is -0.121. The van der Waals surface area contributed by atoms with Gasteiger partial charge in [-0.05, 0) is 30.2 Å². The maximum Gasteiger partial charge on any atom is 0.220 e. The summed E-state index contributed by atoms with van der Waals surface area (Å²) >= 11 is 1.57. The highest BCUT2D eigenvalue weighted by Crippen LogP contribution is 2.16. The summed E-state index contributed by atoms with van der Waals surface area (Å²) in [5.74, 6) is 0.828. The molecule has 25 heavy (non-hydrogen) atoms. The zero-order valence-corrected chi connectivity index (χ0v) is 14.7. The van der Waals surface area contributed by atoms with Crippen molar-refractivity contribution in [1.82, 2.24) is 5.32 Å². The monoisotopic (exact) mass is 365 g/mol. The van der Waals surface area contributed by atoms with E-state index < -0.39 is 5.82 Å². The van der Waals surface area contributed by atoms with Gasteiger partial charge in [-0.3, -0.25) is 4.79 Å². The van der Waals surface area contributed by atoms with Gasteiger partial charge in [0.2, 0.25) is 5.91 Å². The molecular formula is C19H21F2NO2S. The molecule has 0 saturated carbocycles. The van der Waals surface area contributed by atoms with Crippen LogP contribution in [0, 0.1) is 11.6 Å². The van der Waals surface area contributed by atoms with Gasteiger partial charge in [0.25, 0.3) is 0 Å². The predicted molar refractivity (Wildman–Crippen MR) is 96.7 cm³/mol. The SMILES string of the molecule is O=C(CCCOc1ccccc1F)NCCSCc1ccccc1F. The first-order chi connectivity index (χ1) is 12.2. The van der Waals surface area contributed by atoms with Gasteiger partial charge in [-0.2, -0.15) is 11.8 Å². The van der Waals surface area contributed by atoms with E-state index in [0.717, 1.165) is 0 Å². The van der Waals surface area contributed by atoms with Gasteiger partial charge in [-0.25, -0.2) is 8.78 Å². The van der Waals surface area contributed by atoms with Crippen molar-refractivity contribution in [3.8, 4) is 5.75 Å². The van der Waals surface area contributed by atoms with Crippen LogP contribution < -0.4 is 10.1 Å². The summed E-state index contributed by atoms with van der Waals surface area (Å²) in [5, 5.41) is 2.81. The van der Waals surface area contributed by atoms with Crippen LogP contribution in [0.25, 0.3) is 0 Å². The van der Waals surface area contributed by atoms with Crippen LogP contribution in [0.15, 0.2) is 48.5 Å². The fourth-order valence-corrected chi connectivity index (χ4v) is 2.97. The van der Waals surface area contributed by atoms with Gasteiger partial charge in [0.05, 0.1) is 6.61 Å². The Hall–Kier alpha value is -2.08. The third-order valence-corrected chi connectivity index (χ3v) is 4.43. The average molecular weight is 365 g/mol. The van der Waals surface area contributed by atoms with Gasteiger partial charge in [-0.1, -0.05) is 30.3 Å². The Kier molecular flexibility index (Phi) is 8.25. The van der Waals surface area contributed by atoms with E-state index in [1.165, 1.54) is 12.1 Å². The van der Waals surface area contributed by atoms with E-state index in [-0.39, 0.29) is 24.1 Å². The van der Waals surface area contributed by atoms with Crippen molar-refractivity contribution in [2.75, 3.05) is 18.9 Å². The Labute approximate surface area is 150 Å². The highest BCUT2D eigenvalue weighted by Gasteiger charge is 2.04. The minimum Gasteiger partial charge on any atom is -0.491 e. The highest BCUT2D eigenvalue weighted by molar-refractivity contribution is 7.98. The van der Waals surface area contributed by atoms with Crippen molar-refractivity contribution < 1.29 is 18.3 Å². The number of ether oxygens (including phenoxy) is 1. The molecule has 0 unspecified atom stereocenters. The summed E-state index contributed by atoms with van der Waals surface area (Å²) in [4.78, 5) is 11.7. The molecule has 0 atom stereocenters. The van der Waals surface area contributed by atoms with Crippen LogP contribution in [-0.4, -0.2) is 24.8 Å². The number of nitrogens with one attached hydrogen (secondary N) is 1. The van der Waals surface area contributed by atoms with Crippen molar-refractivity contribution >= 4 is 17.7 Å². The molecule has 0 radical (unpaired) electrons. The second kappa shape index (κ2) is 10.7. The van der Waals surface area contributed by atoms with E-state index in [2.05, 4.69) is 5.32 Å². The summed E-state index contributed by atoms with van der Waals surface area (Å²) in [7, 11) is 0. The molecule has 0 aromatic heterocycles. The zero-order valence-electron chi connectivity index (χ0n) is 13.8. The third kappa shape index (κ3) is 7.13. The van der Waals surface area contributed by atoms with Crippen molar-refractivity contribution in [3.05, 3.63) is 65.7 Å². The summed E-state index contributed by atoms with van der Waals surface area (Å²) < 4.78 is 32.1. The number of hydrogen-bond acceptors (Lipinski definition) is 3. The standard InChI is InChI=1S/C19H21F2NO2S/c20-16-7-2-1-6-15(16)14-25-13-11-22-19(23)10-5-12-24-18-9-4-3-8-17(18)21/h1-4,6-9H,5,10-14H2,(H,22,23). The van der Waals surface area contributed by atoms with E-state index >= 15 is 0 Å². The summed E-state index contributed by atoms with van der Waals surface area (Å²) in [6, 6.07) is 12.9. The van der Waals surface area contributed by atoms with Crippen LogP contribution >= 0.6 is 11.8 Å². The van der Waals surface area contributed by atoms with E-state index in [1.54, 1.807) is 42.1 Å². The van der Waals surface area contributed by atoms with E-state index in [1.807, 2.05) is 6.07 Å². The molecule has 2 aromatic rings. The van der Waals surface area contributed by atoms with E-state index in [9.17, 15) is 13.6 Å². The number of hydrogen-bond donors (Lipinski definition) is 1. The molecular weight excluding hydrogens is 344 g/mol. The molecule has 0 bridgehead atoms. The molecule has 134 valence electrons. The van der Waals surface area contributed by atoms with Crippen LogP contribution in [0.3, 0.4) is 0 Å². The lowest BCUT2D eigenvalue weighted by Crippen LogP contribution is -2.25. The molecule has 0 spiro atoms. The van der Waals surface area contributed by atoms with Crippen LogP contribution in [0.2, 0.25) is 0 Å². The molecule has 0 aliphatic heterocycles. The Morgan fingerprint density at radius 1 is 1.04 bits per heavy atom. The Balaban J connectivity index is 1.51. The smallest absolute Gasteiger partial charge is 0.220 e. The maximum atomic E-state index is 13.4. The van der Waals surface area contributed by atoms with Gasteiger partial charge in [0.1, 0.15) is 5.82 Å². The molecule has 0 aliphatic carbocycles. The number of thioether (sulfide) groups is 1. The van der Waals surface area contributed by atoms with E-state index in [0.29, 0.717) is 36.5 Å². The summed E-state index contributed by atoms with van der Waals surface area (Å²) in [5.41, 5.74) is 0.670. The quantitative estimate of drug-likeness (QED) is 0.642. The maximum absolute atomic E-state index is 13.4. The molecule has 1 amide bonds. The van der Waals surface area contributed by atoms with Crippen LogP contribution in [-0.2, 0) is 10.5 Å². The molecule has 0 fully saturated rings. The average Bonchev–Trinajstić information content (AvgIpc) is 2.61. The van der Waals surface area contributed by atoms with Crippen molar-refractivity contribution in [2.24, 2.45) is 0 Å². The molecule has 0 aliphatic rings. The molecule has 3 nitrogen and oxygen atoms in total. The Bertz CT molecular complexity index is 682. The van der Waals surface area contributed by atoms with Crippen molar-refractivity contribution in [1.29, 1.82) is 0 Å². The first-order valence-corrected chi connectivity index (χ1v) is 9.27. The molecule has 1 N–H and O–H groups in total. The lowest BCUT2D eigenvalue weighted by atomic mass is 10.2. The summed E-state index contributed by atoms with van der Waals surface area (Å²) in [6.07, 6.45) is 0.842. The minimum atomic E-state index is -0.404. The number of halogens is 2. The van der Waals surface area contributed by atoms with Gasteiger partial charge in [-0.15, -0.1) is 0 Å². The van der Waals surface area contributed by atoms with Crippen LogP contribution in [0.4, 0.5) is 8.78 Å². The van der Waals surface area contributed by atoms with E-state index in [4.69, 9.17) is 4.74 Å². The molecule has 0 heterocycles. The third-order valence-electron chi connectivity index (χ3n) is 3.43. The molecule has 2 rings (SSSR count). The molecule has 6 heteroatoms. The number of carbonyl (C=O) groups is 1. The number of amides is 1. The minimum absolute atomic E-state index is 0.0661. The predicted octanol–water partition coefficient (Wildman–Crippen LogP) is 4.17. The molecule has 0 saturated heterocycles. The van der Waals surface area contributed by atoms with Crippen LogP contribution in [0.1, 0.15) is 18.4 Å². The normalized spacial score (nSPS) is 10.5. The fourth-order valence-electron chi connectivity index (χ4n) is 2.13. The zero-order chi connectivity index (χ0) is 17.9. The largest absolute Gasteiger partial charge is 0.491 e. The highest BCUT2D eigenvalue weighted by atomic mass is 32.2. The van der Waals surface area contributed by atoms with Gasteiger partial charge < -0.3 is 10.1 Å². The Morgan fingerprint density at radius 2 is 1.76 bits per heavy atom. The first kappa shape index (κ1) is 19.2. The van der Waals surface area contributed by atoms with Crippen LogP contribution in [0.5, 0.6) is 5.75 Å². The second-order valence-corrected chi connectivity index (χ2v) is 6.48. The number of benzene rings is 2. The number of para-hydroxylation sites is 1. The number of rotatable bonds is 10. The topological polar surface area (TPSA) is 38.3 Å². The van der Waals surface area contributed by atoms with Gasteiger partial charge in [0, 0.05) is 24.5 Å². The second-order valence-electron chi connectivity index (χ2n) is 5.38. The first-order valence-electron chi connectivity index (χ1n) is 8.12. The Morgan fingerprint density at radius 3 is 2.52 bits per heavy atom. The van der Waals surface area contributed by atoms with Gasteiger partial charge in [0.15, 0.2) is 11.6 Å².